The molecule has 1 saturated heterocycles. The third-order valence-electron chi connectivity index (χ3n) is 4.08. The number of fused-ring (bicyclic) bond motifs is 1. The topological polar surface area (TPSA) is 90.2 Å². The van der Waals surface area contributed by atoms with Crippen molar-refractivity contribution in [2.45, 2.75) is 18.7 Å². The summed E-state index contributed by atoms with van der Waals surface area (Å²) in [7, 11) is 0. The molecule has 3 rings (SSSR count). The van der Waals surface area contributed by atoms with Crippen molar-refractivity contribution in [3.8, 4) is 0 Å². The fourth-order valence-corrected chi connectivity index (χ4v) is 2.86. The van der Waals surface area contributed by atoms with Crippen molar-refractivity contribution in [3.63, 3.8) is 0 Å². The van der Waals surface area contributed by atoms with Crippen molar-refractivity contribution in [3.05, 3.63) is 22.6 Å². The molecule has 0 spiro atoms. The monoisotopic (exact) mass is 396 g/mol. The number of carbonyl (C=O) groups is 1. The number of benzene rings is 1. The highest BCUT2D eigenvalue weighted by Gasteiger charge is 2.22. The highest BCUT2D eigenvalue weighted by Crippen LogP contribution is 2.31. The van der Waals surface area contributed by atoms with Crippen molar-refractivity contribution in [2.24, 2.45) is 5.92 Å². The number of amides is 1. The lowest BCUT2D eigenvalue weighted by Gasteiger charge is -2.31. The smallest absolute Gasteiger partial charge is 0.323 e. The molecule has 0 aliphatic carbocycles. The molecule has 3 N–H and O–H groups in total. The van der Waals surface area contributed by atoms with Gasteiger partial charge in [0.2, 0.25) is 5.91 Å². The summed E-state index contributed by atoms with van der Waals surface area (Å²) in [6.45, 7) is 6.73. The molecule has 1 aliphatic rings. The lowest BCUT2D eigenvalue weighted by atomic mass is 10.1. The van der Waals surface area contributed by atoms with Gasteiger partial charge in [0.25, 0.3) is 0 Å². The number of anilines is 2. The minimum Gasteiger partial charge on any atom is -0.378 e. The Bertz CT molecular complexity index is 792. The largest absolute Gasteiger partial charge is 0.378 e. The number of aromatic nitrogens is 2. The molecule has 1 aromatic carbocycles. The third-order valence-corrected chi connectivity index (χ3v) is 5.55. The maximum atomic E-state index is 12.4. The van der Waals surface area contributed by atoms with Crippen LogP contribution in [0.1, 0.15) is 13.8 Å². The van der Waals surface area contributed by atoms with Gasteiger partial charge in [0.05, 0.1) is 40.4 Å². The van der Waals surface area contributed by atoms with Gasteiger partial charge in [0, 0.05) is 13.1 Å². The number of carbonyl (C=O) groups excluding carboxylic acids is 1. The summed E-state index contributed by atoms with van der Waals surface area (Å²) in [5.74, 6) is 0.0735. The second kappa shape index (κ2) is 6.98. The predicted octanol–water partition coefficient (Wildman–Crippen LogP) is 2.05. The molecular formula is C16H21BrN4O3. The molecule has 130 valence electrons. The van der Waals surface area contributed by atoms with E-state index in [9.17, 15) is 9.59 Å². The summed E-state index contributed by atoms with van der Waals surface area (Å²) in [6.07, 6.45) is 0. The van der Waals surface area contributed by atoms with Gasteiger partial charge in [-0.1, -0.05) is 29.8 Å². The molecule has 0 bridgehead atoms. The Balaban J connectivity index is 1.99. The van der Waals surface area contributed by atoms with Crippen LogP contribution in [0.15, 0.2) is 16.9 Å². The average molecular weight is 397 g/mol. The Kier molecular flexibility index (Phi) is 4.96. The molecule has 0 radical (unpaired) electrons. The number of aromatic amines is 2. The van der Waals surface area contributed by atoms with Gasteiger partial charge in [0.15, 0.2) is 0 Å². The molecule has 0 saturated carbocycles. The number of nitrogens with one attached hydrogen (secondary N) is 3. The molecule has 1 fully saturated rings. The molecule has 2 heterocycles. The van der Waals surface area contributed by atoms with E-state index in [4.69, 9.17) is 4.74 Å². The van der Waals surface area contributed by atoms with Crippen LogP contribution < -0.4 is 15.9 Å². The van der Waals surface area contributed by atoms with Crippen LogP contribution in [0.4, 0.5) is 11.4 Å². The minimum absolute atomic E-state index is 0.100. The van der Waals surface area contributed by atoms with Crippen LogP contribution in [0, 0.1) is 5.92 Å². The van der Waals surface area contributed by atoms with Crippen LogP contribution in [0.5, 0.6) is 0 Å². The molecule has 2 aromatic rings. The first-order valence-electron chi connectivity index (χ1n) is 7.99. The summed E-state index contributed by atoms with van der Waals surface area (Å²) >= 11 is 3.43. The van der Waals surface area contributed by atoms with Crippen LogP contribution in [0.2, 0.25) is 0 Å². The number of rotatable bonds is 4. The van der Waals surface area contributed by atoms with Gasteiger partial charge in [-0.3, -0.25) is 4.79 Å². The third kappa shape index (κ3) is 3.49. The fourth-order valence-electron chi connectivity index (χ4n) is 2.74. The molecule has 7 nitrogen and oxygen atoms in total. The van der Waals surface area contributed by atoms with Gasteiger partial charge in [-0.05, 0) is 18.1 Å². The van der Waals surface area contributed by atoms with Gasteiger partial charge in [-0.15, -0.1) is 0 Å². The van der Waals surface area contributed by atoms with E-state index in [0.717, 1.165) is 24.3 Å². The number of nitrogens with zero attached hydrogens (tertiary/aromatic N) is 1. The Morgan fingerprint density at radius 2 is 1.88 bits per heavy atom. The van der Waals surface area contributed by atoms with Crippen LogP contribution in [-0.2, 0) is 9.53 Å². The first-order chi connectivity index (χ1) is 11.5. The second-order valence-corrected chi connectivity index (χ2v) is 7.22. The molecule has 1 aromatic heterocycles. The van der Waals surface area contributed by atoms with Gasteiger partial charge in [-0.25, -0.2) is 4.79 Å². The maximum absolute atomic E-state index is 12.4. The predicted molar refractivity (Wildman–Crippen MR) is 98.1 cm³/mol. The summed E-state index contributed by atoms with van der Waals surface area (Å²) in [6, 6.07) is 3.70. The first-order valence-corrected chi connectivity index (χ1v) is 8.91. The van der Waals surface area contributed by atoms with Crippen molar-refractivity contribution in [1.82, 2.24) is 9.97 Å². The van der Waals surface area contributed by atoms with Crippen LogP contribution in [-0.4, -0.2) is 47.0 Å². The van der Waals surface area contributed by atoms with E-state index < -0.39 is 0 Å². The zero-order chi connectivity index (χ0) is 17.3. The number of halogens is 1. The molecular weight excluding hydrogens is 376 g/mol. The van der Waals surface area contributed by atoms with E-state index in [1.54, 1.807) is 6.07 Å². The Morgan fingerprint density at radius 3 is 2.50 bits per heavy atom. The van der Waals surface area contributed by atoms with E-state index in [1.165, 1.54) is 0 Å². The quantitative estimate of drug-likeness (QED) is 0.689. The summed E-state index contributed by atoms with van der Waals surface area (Å²) in [4.78, 5) is 31.4. The number of H-pyrrole nitrogens is 2. The zero-order valence-electron chi connectivity index (χ0n) is 13.7. The Hall–Kier alpha value is -1.80. The molecule has 0 unspecified atom stereocenters. The van der Waals surface area contributed by atoms with Crippen molar-refractivity contribution in [1.29, 1.82) is 0 Å². The molecule has 1 amide bonds. The van der Waals surface area contributed by atoms with E-state index in [-0.39, 0.29) is 22.3 Å². The van der Waals surface area contributed by atoms with Gasteiger partial charge < -0.3 is 24.9 Å². The number of alkyl halides is 1. The molecule has 24 heavy (non-hydrogen) atoms. The minimum atomic E-state index is -0.281. The SMILES string of the molecule is CC(C)[C@H](Br)C(=O)Nc1cc2[nH]c(=O)[nH]c2cc1N1CCOCC1. The number of hydrogen-bond acceptors (Lipinski definition) is 4. The summed E-state index contributed by atoms with van der Waals surface area (Å²) in [5, 5.41) is 2.99. The standard InChI is InChI=1S/C16H21BrN4O3/c1-9(2)14(17)15(22)18-12-7-10-11(20-16(23)19-10)8-13(12)21-3-5-24-6-4-21/h7-9,14H,3-6H2,1-2H3,(H,18,22)(H2,19,20,23)/t14-/m0/s1. The number of ether oxygens (including phenoxy) is 1. The highest BCUT2D eigenvalue weighted by atomic mass is 79.9. The lowest BCUT2D eigenvalue weighted by molar-refractivity contribution is -0.116. The van der Waals surface area contributed by atoms with Crippen LogP contribution >= 0.6 is 15.9 Å². The second-order valence-electron chi connectivity index (χ2n) is 6.23. The van der Waals surface area contributed by atoms with E-state index in [0.29, 0.717) is 24.4 Å². The highest BCUT2D eigenvalue weighted by molar-refractivity contribution is 9.10. The van der Waals surface area contributed by atoms with E-state index in [2.05, 4.69) is 36.1 Å². The molecule has 8 heteroatoms. The fraction of sp³-hybridized carbons (Fsp3) is 0.500. The van der Waals surface area contributed by atoms with E-state index in [1.807, 2.05) is 19.9 Å². The van der Waals surface area contributed by atoms with Gasteiger partial charge in [-0.2, -0.15) is 0 Å². The van der Waals surface area contributed by atoms with Crippen LogP contribution in [0.3, 0.4) is 0 Å². The van der Waals surface area contributed by atoms with Gasteiger partial charge >= 0.3 is 5.69 Å². The van der Waals surface area contributed by atoms with E-state index >= 15 is 0 Å². The maximum Gasteiger partial charge on any atom is 0.323 e. The number of morpholine rings is 1. The molecule has 1 aliphatic heterocycles. The Morgan fingerprint density at radius 1 is 1.25 bits per heavy atom. The lowest BCUT2D eigenvalue weighted by Crippen LogP contribution is -2.37. The zero-order valence-corrected chi connectivity index (χ0v) is 15.3. The summed E-state index contributed by atoms with van der Waals surface area (Å²) in [5.41, 5.74) is 2.70. The van der Waals surface area contributed by atoms with Crippen molar-refractivity contribution >= 4 is 44.2 Å². The van der Waals surface area contributed by atoms with Crippen molar-refractivity contribution < 1.29 is 9.53 Å². The number of hydrogen-bond donors (Lipinski definition) is 3. The summed E-state index contributed by atoms with van der Waals surface area (Å²) < 4.78 is 5.40. The normalized spacial score (nSPS) is 16.6. The number of imidazole rings is 1. The van der Waals surface area contributed by atoms with Crippen LogP contribution in [0.25, 0.3) is 11.0 Å². The Labute approximate surface area is 147 Å². The molecule has 1 atom stereocenters. The van der Waals surface area contributed by atoms with Gasteiger partial charge in [0.1, 0.15) is 0 Å². The average Bonchev–Trinajstić information content (AvgIpc) is 2.93. The first kappa shape index (κ1) is 17.0. The van der Waals surface area contributed by atoms with Crippen molar-refractivity contribution in [2.75, 3.05) is 36.5 Å².